The van der Waals surface area contributed by atoms with Gasteiger partial charge in [0.25, 0.3) is 0 Å². The van der Waals surface area contributed by atoms with E-state index in [2.05, 4.69) is 10.1 Å². The number of hydrogen-bond donors (Lipinski definition) is 1. The predicted molar refractivity (Wildman–Crippen MR) is 72.0 cm³/mol. The van der Waals surface area contributed by atoms with Gasteiger partial charge in [0, 0.05) is 5.92 Å². The second-order valence-corrected chi connectivity index (χ2v) is 4.63. The van der Waals surface area contributed by atoms with Crippen molar-refractivity contribution in [2.45, 2.75) is 32.7 Å². The molecule has 1 atom stereocenters. The van der Waals surface area contributed by atoms with Crippen molar-refractivity contribution >= 4 is 0 Å². The van der Waals surface area contributed by atoms with Gasteiger partial charge in [-0.2, -0.15) is 4.98 Å². The van der Waals surface area contributed by atoms with Crippen LogP contribution in [-0.4, -0.2) is 16.7 Å². The monoisotopic (exact) mass is 261 g/mol. The van der Waals surface area contributed by atoms with Crippen LogP contribution in [0, 0.1) is 0 Å². The van der Waals surface area contributed by atoms with Gasteiger partial charge in [0.1, 0.15) is 5.75 Å². The van der Waals surface area contributed by atoms with Crippen molar-refractivity contribution in [1.29, 1.82) is 0 Å². The normalized spacial score (nSPS) is 12.7. The minimum Gasteiger partial charge on any atom is -0.494 e. The number of hydrogen-bond acceptors (Lipinski definition) is 5. The Bertz CT molecular complexity index is 520. The van der Waals surface area contributed by atoms with Crippen molar-refractivity contribution in [2.75, 3.05) is 6.61 Å². The van der Waals surface area contributed by atoms with Crippen molar-refractivity contribution in [3.05, 3.63) is 41.5 Å². The first-order chi connectivity index (χ1) is 9.11. The molecular formula is C14H19N3O2. The molecule has 1 heterocycles. The molecule has 2 rings (SSSR count). The van der Waals surface area contributed by atoms with Crippen molar-refractivity contribution < 1.29 is 9.26 Å². The van der Waals surface area contributed by atoms with Gasteiger partial charge < -0.3 is 15.0 Å². The Balaban J connectivity index is 2.15. The smallest absolute Gasteiger partial charge is 0.229 e. The van der Waals surface area contributed by atoms with Gasteiger partial charge in [-0.1, -0.05) is 31.1 Å². The number of nitrogens with zero attached hydrogens (tertiary/aromatic N) is 2. The maximum atomic E-state index is 6.13. The second kappa shape index (κ2) is 5.84. The lowest BCUT2D eigenvalue weighted by Gasteiger charge is -2.08. The zero-order valence-corrected chi connectivity index (χ0v) is 11.5. The van der Waals surface area contributed by atoms with Crippen molar-refractivity contribution in [1.82, 2.24) is 10.1 Å². The molecule has 1 aromatic heterocycles. The fraction of sp³-hybridized carbons (Fsp3) is 0.429. The third-order valence-corrected chi connectivity index (χ3v) is 2.78. The lowest BCUT2D eigenvalue weighted by molar-refractivity contribution is 0.340. The summed E-state index contributed by atoms with van der Waals surface area (Å²) in [5.41, 5.74) is 7.06. The molecular weight excluding hydrogens is 242 g/mol. The predicted octanol–water partition coefficient (Wildman–Crippen LogP) is 2.64. The van der Waals surface area contributed by atoms with Crippen molar-refractivity contribution in [2.24, 2.45) is 5.73 Å². The van der Waals surface area contributed by atoms with Crippen LogP contribution in [-0.2, 0) is 0 Å². The molecule has 0 radical (unpaired) electrons. The third kappa shape index (κ3) is 3.12. The Morgan fingerprint density at radius 1 is 1.26 bits per heavy atom. The number of rotatable bonds is 5. The summed E-state index contributed by atoms with van der Waals surface area (Å²) in [5.74, 6) is 2.15. The van der Waals surface area contributed by atoms with Crippen LogP contribution in [0.3, 0.4) is 0 Å². The number of ether oxygens (including phenoxy) is 1. The fourth-order valence-electron chi connectivity index (χ4n) is 1.70. The fourth-order valence-corrected chi connectivity index (χ4v) is 1.70. The first-order valence-electron chi connectivity index (χ1n) is 6.43. The lowest BCUT2D eigenvalue weighted by Crippen LogP contribution is -2.13. The number of aromatic nitrogens is 2. The SMILES string of the molecule is CCOc1ccc(C(N)c2noc(C(C)C)n2)cc1. The van der Waals surface area contributed by atoms with Crippen LogP contribution >= 0.6 is 0 Å². The molecule has 0 aliphatic heterocycles. The topological polar surface area (TPSA) is 74.2 Å². The lowest BCUT2D eigenvalue weighted by atomic mass is 10.1. The molecule has 19 heavy (non-hydrogen) atoms. The molecule has 0 spiro atoms. The molecule has 5 heteroatoms. The van der Waals surface area contributed by atoms with Crippen LogP contribution in [0.25, 0.3) is 0 Å². The average molecular weight is 261 g/mol. The zero-order chi connectivity index (χ0) is 13.8. The Hall–Kier alpha value is -1.88. The molecule has 2 N–H and O–H groups in total. The van der Waals surface area contributed by atoms with E-state index in [4.69, 9.17) is 15.0 Å². The summed E-state index contributed by atoms with van der Waals surface area (Å²) in [5, 5.41) is 3.93. The minimum atomic E-state index is -0.382. The summed E-state index contributed by atoms with van der Waals surface area (Å²) in [6, 6.07) is 7.23. The molecule has 0 saturated carbocycles. The van der Waals surface area contributed by atoms with Crippen LogP contribution in [0.2, 0.25) is 0 Å². The summed E-state index contributed by atoms with van der Waals surface area (Å²) in [6.45, 7) is 6.60. The maximum absolute atomic E-state index is 6.13. The van der Waals surface area contributed by atoms with Crippen molar-refractivity contribution in [3.8, 4) is 5.75 Å². The van der Waals surface area contributed by atoms with Gasteiger partial charge in [-0.25, -0.2) is 0 Å². The van der Waals surface area contributed by atoms with Gasteiger partial charge in [0.15, 0.2) is 5.82 Å². The quantitative estimate of drug-likeness (QED) is 0.895. The van der Waals surface area contributed by atoms with Crippen LogP contribution in [0.1, 0.15) is 50.0 Å². The molecule has 2 aromatic rings. The molecule has 0 aliphatic rings. The standard InChI is InChI=1S/C14H19N3O2/c1-4-18-11-7-5-10(6-8-11)12(15)13-16-14(9(2)3)19-17-13/h5-9,12H,4,15H2,1-3H3. The molecule has 102 valence electrons. The molecule has 0 amide bonds. The minimum absolute atomic E-state index is 0.203. The van der Waals surface area contributed by atoms with E-state index >= 15 is 0 Å². The highest BCUT2D eigenvalue weighted by Crippen LogP contribution is 2.21. The first-order valence-corrected chi connectivity index (χ1v) is 6.43. The highest BCUT2D eigenvalue weighted by molar-refractivity contribution is 5.31. The summed E-state index contributed by atoms with van der Waals surface area (Å²) in [7, 11) is 0. The van der Waals surface area contributed by atoms with E-state index in [0.717, 1.165) is 11.3 Å². The Morgan fingerprint density at radius 2 is 1.95 bits per heavy atom. The van der Waals surface area contributed by atoms with Crippen LogP contribution in [0.15, 0.2) is 28.8 Å². The van der Waals surface area contributed by atoms with Gasteiger partial charge in [-0.15, -0.1) is 0 Å². The summed E-state index contributed by atoms with van der Waals surface area (Å²) >= 11 is 0. The molecule has 0 aliphatic carbocycles. The molecule has 5 nitrogen and oxygen atoms in total. The Labute approximate surface area is 112 Å². The van der Waals surface area contributed by atoms with E-state index in [1.54, 1.807) is 0 Å². The Kier molecular flexibility index (Phi) is 4.16. The molecule has 0 fully saturated rings. The summed E-state index contributed by atoms with van der Waals surface area (Å²) < 4.78 is 10.6. The van der Waals surface area contributed by atoms with Gasteiger partial charge in [0.2, 0.25) is 5.89 Å². The maximum Gasteiger partial charge on any atom is 0.229 e. The number of nitrogens with two attached hydrogens (primary N) is 1. The highest BCUT2D eigenvalue weighted by atomic mass is 16.5. The zero-order valence-electron chi connectivity index (χ0n) is 11.5. The van der Waals surface area contributed by atoms with E-state index in [0.29, 0.717) is 18.3 Å². The van der Waals surface area contributed by atoms with E-state index in [1.165, 1.54) is 0 Å². The molecule has 0 bridgehead atoms. The Morgan fingerprint density at radius 3 is 2.47 bits per heavy atom. The highest BCUT2D eigenvalue weighted by Gasteiger charge is 2.17. The van der Waals surface area contributed by atoms with Crippen LogP contribution in [0.5, 0.6) is 5.75 Å². The van der Waals surface area contributed by atoms with Gasteiger partial charge in [-0.05, 0) is 24.6 Å². The van der Waals surface area contributed by atoms with Gasteiger partial charge in [-0.3, -0.25) is 0 Å². The summed E-state index contributed by atoms with van der Waals surface area (Å²) in [4.78, 5) is 4.31. The number of benzene rings is 1. The average Bonchev–Trinajstić information content (AvgIpc) is 2.89. The van der Waals surface area contributed by atoms with Crippen molar-refractivity contribution in [3.63, 3.8) is 0 Å². The second-order valence-electron chi connectivity index (χ2n) is 4.63. The largest absolute Gasteiger partial charge is 0.494 e. The summed E-state index contributed by atoms with van der Waals surface area (Å²) in [6.07, 6.45) is 0. The van der Waals surface area contributed by atoms with Gasteiger partial charge >= 0.3 is 0 Å². The van der Waals surface area contributed by atoms with Crippen LogP contribution in [0.4, 0.5) is 0 Å². The first kappa shape index (κ1) is 13.5. The van der Waals surface area contributed by atoms with E-state index in [1.807, 2.05) is 45.0 Å². The van der Waals surface area contributed by atoms with E-state index in [9.17, 15) is 0 Å². The third-order valence-electron chi connectivity index (χ3n) is 2.78. The van der Waals surface area contributed by atoms with E-state index in [-0.39, 0.29) is 12.0 Å². The molecule has 0 saturated heterocycles. The van der Waals surface area contributed by atoms with Crippen LogP contribution < -0.4 is 10.5 Å². The van der Waals surface area contributed by atoms with E-state index < -0.39 is 0 Å². The molecule has 1 unspecified atom stereocenters. The van der Waals surface area contributed by atoms with Gasteiger partial charge in [0.05, 0.1) is 12.6 Å². The molecule has 1 aromatic carbocycles.